The zero-order valence-electron chi connectivity index (χ0n) is 13.8. The van der Waals surface area contributed by atoms with Gasteiger partial charge in [-0.25, -0.2) is 0 Å². The lowest BCUT2D eigenvalue weighted by molar-refractivity contribution is 0.122. The van der Waals surface area contributed by atoms with Crippen LogP contribution in [0, 0.1) is 5.41 Å². The fourth-order valence-electron chi connectivity index (χ4n) is 3.41. The Bertz CT molecular complexity index is 452. The van der Waals surface area contributed by atoms with E-state index in [9.17, 15) is 0 Å². The molecule has 21 heavy (non-hydrogen) atoms. The van der Waals surface area contributed by atoms with E-state index in [1.807, 2.05) is 6.26 Å². The van der Waals surface area contributed by atoms with Crippen LogP contribution >= 0.6 is 0 Å². The Labute approximate surface area is 129 Å². The summed E-state index contributed by atoms with van der Waals surface area (Å²) >= 11 is 0. The van der Waals surface area contributed by atoms with Gasteiger partial charge in [0.15, 0.2) is 0 Å². The third-order valence-electron chi connectivity index (χ3n) is 5.32. The maximum atomic E-state index is 5.67. The van der Waals surface area contributed by atoms with Crippen molar-refractivity contribution in [1.82, 2.24) is 10.2 Å². The van der Waals surface area contributed by atoms with Gasteiger partial charge < -0.3 is 9.73 Å². The number of nitrogens with one attached hydrogen (secondary N) is 1. The van der Waals surface area contributed by atoms with E-state index in [0.717, 1.165) is 30.9 Å². The van der Waals surface area contributed by atoms with Crippen molar-refractivity contribution in [2.24, 2.45) is 5.41 Å². The number of furan rings is 1. The summed E-state index contributed by atoms with van der Waals surface area (Å²) in [5.74, 6) is 1.13. The molecule has 0 aliphatic heterocycles. The Kier molecular flexibility index (Phi) is 4.41. The Hall–Kier alpha value is -0.800. The number of hydrogen-bond donors (Lipinski definition) is 1. The molecule has 1 heterocycles. The summed E-state index contributed by atoms with van der Waals surface area (Å²) in [5, 5.41) is 3.55. The van der Waals surface area contributed by atoms with Gasteiger partial charge in [0.05, 0.1) is 12.8 Å². The summed E-state index contributed by atoms with van der Waals surface area (Å²) in [4.78, 5) is 2.53. The van der Waals surface area contributed by atoms with E-state index in [1.165, 1.54) is 44.1 Å². The van der Waals surface area contributed by atoms with Gasteiger partial charge >= 0.3 is 0 Å². The van der Waals surface area contributed by atoms with E-state index in [1.54, 1.807) is 0 Å². The SMILES string of the molecule is CN(Cc1ccoc1CNC1CC1)C1CCC(C)(C)CC1. The van der Waals surface area contributed by atoms with Crippen LogP contribution in [-0.4, -0.2) is 24.0 Å². The molecule has 0 saturated heterocycles. The van der Waals surface area contributed by atoms with E-state index < -0.39 is 0 Å². The first-order valence-electron chi connectivity index (χ1n) is 8.52. The Morgan fingerprint density at radius 2 is 1.95 bits per heavy atom. The Morgan fingerprint density at radius 1 is 1.24 bits per heavy atom. The van der Waals surface area contributed by atoms with Crippen molar-refractivity contribution in [3.8, 4) is 0 Å². The van der Waals surface area contributed by atoms with Crippen molar-refractivity contribution in [3.05, 3.63) is 23.7 Å². The largest absolute Gasteiger partial charge is 0.468 e. The second-order valence-electron chi connectivity index (χ2n) is 7.83. The van der Waals surface area contributed by atoms with Crippen LogP contribution in [0.5, 0.6) is 0 Å². The van der Waals surface area contributed by atoms with E-state index >= 15 is 0 Å². The van der Waals surface area contributed by atoms with E-state index in [0.29, 0.717) is 5.41 Å². The molecular weight excluding hydrogens is 260 g/mol. The van der Waals surface area contributed by atoms with Gasteiger partial charge in [-0.1, -0.05) is 13.8 Å². The standard InChI is InChI=1S/C18H30N2O/c1-18(2)9-6-16(7-10-18)20(3)13-14-8-11-21-17(14)12-19-15-4-5-15/h8,11,15-16,19H,4-7,9-10,12-13H2,1-3H3. The van der Waals surface area contributed by atoms with Gasteiger partial charge in [-0.3, -0.25) is 4.90 Å². The monoisotopic (exact) mass is 290 g/mol. The lowest BCUT2D eigenvalue weighted by Gasteiger charge is -2.38. The number of rotatable bonds is 6. The van der Waals surface area contributed by atoms with Gasteiger partial charge in [-0.05, 0) is 57.1 Å². The summed E-state index contributed by atoms with van der Waals surface area (Å²) in [5.41, 5.74) is 1.90. The molecule has 0 atom stereocenters. The molecule has 1 aromatic heterocycles. The van der Waals surface area contributed by atoms with E-state index in [2.05, 4.69) is 37.2 Å². The highest BCUT2D eigenvalue weighted by atomic mass is 16.3. The first-order chi connectivity index (χ1) is 10.0. The summed E-state index contributed by atoms with van der Waals surface area (Å²) < 4.78 is 5.67. The molecular formula is C18H30N2O. The van der Waals surface area contributed by atoms with Crippen molar-refractivity contribution in [1.29, 1.82) is 0 Å². The third-order valence-corrected chi connectivity index (χ3v) is 5.32. The summed E-state index contributed by atoms with van der Waals surface area (Å²) in [6, 6.07) is 3.62. The fourth-order valence-corrected chi connectivity index (χ4v) is 3.41. The summed E-state index contributed by atoms with van der Waals surface area (Å²) in [7, 11) is 2.27. The zero-order valence-corrected chi connectivity index (χ0v) is 13.8. The van der Waals surface area contributed by atoms with Gasteiger partial charge in [0, 0.05) is 24.2 Å². The maximum absolute atomic E-state index is 5.67. The molecule has 2 fully saturated rings. The fraction of sp³-hybridized carbons (Fsp3) is 0.778. The maximum Gasteiger partial charge on any atom is 0.122 e. The highest BCUT2D eigenvalue weighted by Gasteiger charge is 2.29. The van der Waals surface area contributed by atoms with Crippen LogP contribution in [0.2, 0.25) is 0 Å². The highest BCUT2D eigenvalue weighted by Crippen LogP contribution is 2.37. The van der Waals surface area contributed by atoms with Gasteiger partial charge in [-0.15, -0.1) is 0 Å². The Balaban J connectivity index is 1.52. The Morgan fingerprint density at radius 3 is 2.62 bits per heavy atom. The second-order valence-corrected chi connectivity index (χ2v) is 7.83. The molecule has 1 N–H and O–H groups in total. The van der Waals surface area contributed by atoms with Crippen LogP contribution in [0.15, 0.2) is 16.7 Å². The molecule has 0 radical (unpaired) electrons. The van der Waals surface area contributed by atoms with Crippen molar-refractivity contribution < 1.29 is 4.42 Å². The van der Waals surface area contributed by atoms with Crippen LogP contribution in [-0.2, 0) is 13.1 Å². The zero-order chi connectivity index (χ0) is 14.9. The van der Waals surface area contributed by atoms with E-state index in [-0.39, 0.29) is 0 Å². The summed E-state index contributed by atoms with van der Waals surface area (Å²) in [6.45, 7) is 6.71. The molecule has 3 heteroatoms. The number of hydrogen-bond acceptors (Lipinski definition) is 3. The molecule has 0 bridgehead atoms. The van der Waals surface area contributed by atoms with Crippen LogP contribution in [0.4, 0.5) is 0 Å². The van der Waals surface area contributed by atoms with E-state index in [4.69, 9.17) is 4.42 Å². The molecule has 2 aliphatic carbocycles. The lowest BCUT2D eigenvalue weighted by Crippen LogP contribution is -2.36. The smallest absolute Gasteiger partial charge is 0.122 e. The molecule has 2 aliphatic rings. The molecule has 0 unspecified atom stereocenters. The van der Waals surface area contributed by atoms with Crippen LogP contribution in [0.3, 0.4) is 0 Å². The molecule has 3 rings (SSSR count). The molecule has 0 spiro atoms. The van der Waals surface area contributed by atoms with Gasteiger partial charge in [0.2, 0.25) is 0 Å². The highest BCUT2D eigenvalue weighted by molar-refractivity contribution is 5.17. The van der Waals surface area contributed by atoms with Crippen molar-refractivity contribution >= 4 is 0 Å². The lowest BCUT2D eigenvalue weighted by atomic mass is 9.75. The van der Waals surface area contributed by atoms with Crippen LogP contribution in [0.1, 0.15) is 63.7 Å². The van der Waals surface area contributed by atoms with Crippen LogP contribution < -0.4 is 5.32 Å². The predicted octanol–water partition coefficient (Wildman–Crippen LogP) is 3.93. The third kappa shape index (κ3) is 4.10. The molecule has 118 valence electrons. The minimum absolute atomic E-state index is 0.548. The molecule has 0 aromatic carbocycles. The topological polar surface area (TPSA) is 28.4 Å². The molecule has 0 amide bonds. The van der Waals surface area contributed by atoms with Gasteiger partial charge in [0.25, 0.3) is 0 Å². The molecule has 1 aromatic rings. The summed E-state index contributed by atoms with van der Waals surface area (Å²) in [6.07, 6.45) is 9.86. The van der Waals surface area contributed by atoms with Crippen LogP contribution in [0.25, 0.3) is 0 Å². The minimum Gasteiger partial charge on any atom is -0.468 e. The normalized spacial score (nSPS) is 22.9. The number of nitrogens with zero attached hydrogens (tertiary/aromatic N) is 1. The predicted molar refractivity (Wildman–Crippen MR) is 86.1 cm³/mol. The van der Waals surface area contributed by atoms with Gasteiger partial charge in [-0.2, -0.15) is 0 Å². The first-order valence-corrected chi connectivity index (χ1v) is 8.52. The van der Waals surface area contributed by atoms with Crippen molar-refractivity contribution in [3.63, 3.8) is 0 Å². The first kappa shape index (κ1) is 15.1. The average Bonchev–Trinajstić information content (AvgIpc) is 3.17. The second kappa shape index (κ2) is 6.13. The molecule has 3 nitrogen and oxygen atoms in total. The quantitative estimate of drug-likeness (QED) is 0.860. The van der Waals surface area contributed by atoms with Crippen molar-refractivity contribution in [2.45, 2.75) is 77.5 Å². The average molecular weight is 290 g/mol. The molecule has 2 saturated carbocycles. The van der Waals surface area contributed by atoms with Gasteiger partial charge in [0.1, 0.15) is 5.76 Å². The minimum atomic E-state index is 0.548. The van der Waals surface area contributed by atoms with Crippen molar-refractivity contribution in [2.75, 3.05) is 7.05 Å².